The normalized spacial score (nSPS) is 18.5. The Morgan fingerprint density at radius 3 is 2.35 bits per heavy atom. The lowest BCUT2D eigenvalue weighted by Crippen LogP contribution is -2.15. The first-order valence-electron chi connectivity index (χ1n) is 8.20. The Labute approximate surface area is 154 Å². The summed E-state index contributed by atoms with van der Waals surface area (Å²) in [6, 6.07) is 12.9. The van der Waals surface area contributed by atoms with Crippen molar-refractivity contribution in [2.75, 3.05) is 10.6 Å². The van der Waals surface area contributed by atoms with Crippen LogP contribution in [0.3, 0.4) is 0 Å². The van der Waals surface area contributed by atoms with Gasteiger partial charge in [0.1, 0.15) is 0 Å². The number of nitrogens with one attached hydrogen (secondary N) is 2. The average molecular weight is 376 g/mol. The van der Waals surface area contributed by atoms with Crippen molar-refractivity contribution in [2.45, 2.75) is 24.0 Å². The van der Waals surface area contributed by atoms with Gasteiger partial charge in [-0.25, -0.2) is 0 Å². The van der Waals surface area contributed by atoms with Gasteiger partial charge in [0.05, 0.1) is 5.69 Å². The number of halogens is 2. The predicted octanol–water partition coefficient (Wildman–Crippen LogP) is 4.85. The highest BCUT2D eigenvalue weighted by Crippen LogP contribution is 2.38. The second kappa shape index (κ2) is 7.86. The van der Waals surface area contributed by atoms with Crippen molar-refractivity contribution in [3.63, 3.8) is 0 Å². The van der Waals surface area contributed by atoms with Gasteiger partial charge in [-0.3, -0.25) is 9.59 Å². The molecule has 2 unspecified atom stereocenters. The number of carbonyl (C=O) groups excluding carboxylic acids is 2. The van der Waals surface area contributed by atoms with E-state index >= 15 is 0 Å². The average Bonchev–Trinajstić information content (AvgIpc) is 3.34. The molecule has 2 atom stereocenters. The molecule has 3 rings (SSSR count). The fraction of sp³-hybridized carbons (Fsp3) is 0.263. The third-order valence-electron chi connectivity index (χ3n) is 4.21. The van der Waals surface area contributed by atoms with Crippen molar-refractivity contribution in [1.82, 2.24) is 0 Å². The van der Waals surface area contributed by atoms with E-state index in [0.29, 0.717) is 39.5 Å². The fourth-order valence-electron chi connectivity index (χ4n) is 2.59. The van der Waals surface area contributed by atoms with Crippen LogP contribution < -0.4 is 10.6 Å². The zero-order chi connectivity index (χ0) is 18.7. The van der Waals surface area contributed by atoms with Crippen molar-refractivity contribution >= 4 is 35.0 Å². The van der Waals surface area contributed by atoms with Crippen LogP contribution in [0.1, 0.15) is 23.7 Å². The van der Waals surface area contributed by atoms with Gasteiger partial charge in [-0.05, 0) is 48.7 Å². The highest BCUT2D eigenvalue weighted by atomic mass is 32.2. The summed E-state index contributed by atoms with van der Waals surface area (Å²) in [5, 5.41) is 5.47. The molecule has 1 aliphatic rings. The van der Waals surface area contributed by atoms with Crippen LogP contribution >= 0.6 is 11.8 Å². The minimum atomic E-state index is -2.56. The Morgan fingerprint density at radius 1 is 1.08 bits per heavy atom. The van der Waals surface area contributed by atoms with Crippen molar-refractivity contribution in [3.8, 4) is 0 Å². The molecule has 2 aromatic carbocycles. The topological polar surface area (TPSA) is 58.2 Å². The zero-order valence-electron chi connectivity index (χ0n) is 14.0. The Morgan fingerprint density at radius 2 is 1.73 bits per heavy atom. The van der Waals surface area contributed by atoms with Crippen molar-refractivity contribution in [3.05, 3.63) is 54.1 Å². The summed E-state index contributed by atoms with van der Waals surface area (Å²) in [4.78, 5) is 24.6. The second-order valence-corrected chi connectivity index (χ2v) is 7.25. The van der Waals surface area contributed by atoms with E-state index in [9.17, 15) is 18.4 Å². The standard InChI is InChI=1S/C19H18F2N2O2S/c1-11-10-14(11)18(25)22-13-8-6-12(7-9-13)17(24)23-15-4-2-3-5-16(15)26-19(20)21/h2-9,11,14,19H,10H2,1H3,(H,22,25)(H,23,24). The van der Waals surface area contributed by atoms with E-state index in [1.807, 2.05) is 6.92 Å². The molecule has 0 heterocycles. The van der Waals surface area contributed by atoms with E-state index in [1.54, 1.807) is 42.5 Å². The maximum atomic E-state index is 12.6. The van der Waals surface area contributed by atoms with Crippen LogP contribution in [-0.4, -0.2) is 17.6 Å². The largest absolute Gasteiger partial charge is 0.326 e. The Balaban J connectivity index is 1.64. The molecular formula is C19H18F2N2O2S. The summed E-state index contributed by atoms with van der Waals surface area (Å²) in [6.07, 6.45) is 0.905. The third kappa shape index (κ3) is 4.60. The maximum absolute atomic E-state index is 12.6. The number of anilines is 2. The molecular weight excluding hydrogens is 358 g/mol. The quantitative estimate of drug-likeness (QED) is 0.709. The van der Waals surface area contributed by atoms with E-state index in [0.717, 1.165) is 6.42 Å². The predicted molar refractivity (Wildman–Crippen MR) is 98.6 cm³/mol. The van der Waals surface area contributed by atoms with Crippen LogP contribution in [0.15, 0.2) is 53.4 Å². The van der Waals surface area contributed by atoms with Gasteiger partial charge in [0.15, 0.2) is 0 Å². The van der Waals surface area contributed by atoms with Gasteiger partial charge in [-0.1, -0.05) is 30.8 Å². The van der Waals surface area contributed by atoms with Gasteiger partial charge >= 0.3 is 0 Å². The highest BCUT2D eigenvalue weighted by Gasteiger charge is 2.39. The fourth-order valence-corrected chi connectivity index (χ4v) is 3.19. The third-order valence-corrected chi connectivity index (χ3v) is 5.00. The van der Waals surface area contributed by atoms with Crippen LogP contribution in [-0.2, 0) is 4.79 Å². The first-order valence-corrected chi connectivity index (χ1v) is 9.08. The number of amides is 2. The lowest BCUT2D eigenvalue weighted by Gasteiger charge is -2.11. The van der Waals surface area contributed by atoms with E-state index in [-0.39, 0.29) is 11.8 Å². The molecule has 26 heavy (non-hydrogen) atoms. The van der Waals surface area contributed by atoms with E-state index in [2.05, 4.69) is 10.6 Å². The van der Waals surface area contributed by atoms with Gasteiger partial charge in [0.25, 0.3) is 11.7 Å². The SMILES string of the molecule is CC1CC1C(=O)Nc1ccc(C(=O)Nc2ccccc2SC(F)F)cc1. The molecule has 1 fully saturated rings. The first kappa shape index (κ1) is 18.4. The summed E-state index contributed by atoms with van der Waals surface area (Å²) in [5.74, 6) is -2.48. The summed E-state index contributed by atoms with van der Waals surface area (Å²) in [6.45, 7) is 2.03. The smallest absolute Gasteiger partial charge is 0.288 e. The van der Waals surface area contributed by atoms with Crippen molar-refractivity contribution in [1.29, 1.82) is 0 Å². The second-order valence-electron chi connectivity index (χ2n) is 6.21. The van der Waals surface area contributed by atoms with E-state index in [4.69, 9.17) is 0 Å². The molecule has 0 radical (unpaired) electrons. The van der Waals surface area contributed by atoms with Crippen LogP contribution in [0.2, 0.25) is 0 Å². The van der Waals surface area contributed by atoms with Crippen LogP contribution in [0, 0.1) is 11.8 Å². The van der Waals surface area contributed by atoms with Crippen LogP contribution in [0.5, 0.6) is 0 Å². The molecule has 0 bridgehead atoms. The van der Waals surface area contributed by atoms with Crippen molar-refractivity contribution < 1.29 is 18.4 Å². The number of benzene rings is 2. The number of alkyl halides is 2. The Hall–Kier alpha value is -2.41. The van der Waals surface area contributed by atoms with Gasteiger partial charge in [0.2, 0.25) is 5.91 Å². The Bertz CT molecular complexity index is 811. The number of hydrogen-bond donors (Lipinski definition) is 2. The Kier molecular flexibility index (Phi) is 5.56. The van der Waals surface area contributed by atoms with Gasteiger partial charge in [0, 0.05) is 22.1 Å². The minimum absolute atomic E-state index is 0.00680. The monoisotopic (exact) mass is 376 g/mol. The number of para-hydroxylation sites is 1. The lowest BCUT2D eigenvalue weighted by molar-refractivity contribution is -0.117. The summed E-state index contributed by atoms with van der Waals surface area (Å²) < 4.78 is 25.2. The van der Waals surface area contributed by atoms with Gasteiger partial charge < -0.3 is 10.6 Å². The summed E-state index contributed by atoms with van der Waals surface area (Å²) >= 11 is 0.385. The molecule has 1 aliphatic carbocycles. The highest BCUT2D eigenvalue weighted by molar-refractivity contribution is 7.99. The van der Waals surface area contributed by atoms with Crippen LogP contribution in [0.25, 0.3) is 0 Å². The molecule has 0 aromatic heterocycles. The number of hydrogen-bond acceptors (Lipinski definition) is 3. The molecule has 0 spiro atoms. The molecule has 136 valence electrons. The first-order chi connectivity index (χ1) is 12.4. The molecule has 0 aliphatic heterocycles. The molecule has 2 aromatic rings. The lowest BCUT2D eigenvalue weighted by atomic mass is 10.2. The van der Waals surface area contributed by atoms with Crippen molar-refractivity contribution in [2.24, 2.45) is 11.8 Å². The van der Waals surface area contributed by atoms with Gasteiger partial charge in [-0.2, -0.15) is 8.78 Å². The molecule has 2 N–H and O–H groups in total. The number of rotatable bonds is 6. The minimum Gasteiger partial charge on any atom is -0.326 e. The molecule has 0 saturated heterocycles. The molecule has 2 amide bonds. The van der Waals surface area contributed by atoms with E-state index < -0.39 is 11.7 Å². The maximum Gasteiger partial charge on any atom is 0.288 e. The van der Waals surface area contributed by atoms with Crippen LogP contribution in [0.4, 0.5) is 20.2 Å². The molecule has 7 heteroatoms. The summed E-state index contributed by atoms with van der Waals surface area (Å²) in [7, 11) is 0. The number of carbonyl (C=O) groups is 2. The summed E-state index contributed by atoms with van der Waals surface area (Å²) in [5.41, 5.74) is 1.34. The van der Waals surface area contributed by atoms with Gasteiger partial charge in [-0.15, -0.1) is 0 Å². The zero-order valence-corrected chi connectivity index (χ0v) is 14.9. The molecule has 1 saturated carbocycles. The van der Waals surface area contributed by atoms with E-state index in [1.165, 1.54) is 6.07 Å². The molecule has 4 nitrogen and oxygen atoms in total. The number of thioether (sulfide) groups is 1.